The summed E-state index contributed by atoms with van der Waals surface area (Å²) in [5.74, 6) is 2.00. The molecule has 0 bridgehead atoms. The van der Waals surface area contributed by atoms with E-state index in [0.29, 0.717) is 36.9 Å². The number of rotatable bonds is 3. The molecule has 6 aliphatic rings. The van der Waals surface area contributed by atoms with Crippen LogP contribution in [0.5, 0.6) is 0 Å². The number of aliphatic hydroxyl groups is 2. The van der Waals surface area contributed by atoms with Crippen LogP contribution in [-0.4, -0.2) is 81.0 Å². The van der Waals surface area contributed by atoms with E-state index in [-0.39, 0.29) is 30.0 Å². The van der Waals surface area contributed by atoms with Gasteiger partial charge in [0.15, 0.2) is 0 Å². The van der Waals surface area contributed by atoms with E-state index in [2.05, 4.69) is 20.7 Å². The first-order chi connectivity index (χ1) is 16.5. The van der Waals surface area contributed by atoms with E-state index in [1.807, 2.05) is 0 Å². The summed E-state index contributed by atoms with van der Waals surface area (Å²) in [6, 6.07) is 1.26. The van der Waals surface area contributed by atoms with Crippen LogP contribution < -0.4 is 10.7 Å². The Morgan fingerprint density at radius 1 is 0.824 bits per heavy atom. The summed E-state index contributed by atoms with van der Waals surface area (Å²) in [7, 11) is 0. The number of nitrogens with zero attached hydrogens (tertiary/aromatic N) is 2. The van der Waals surface area contributed by atoms with E-state index in [4.69, 9.17) is 11.6 Å². The van der Waals surface area contributed by atoms with Crippen molar-refractivity contribution in [3.05, 3.63) is 0 Å². The van der Waals surface area contributed by atoms with Gasteiger partial charge in [-0.1, -0.05) is 32.1 Å². The van der Waals surface area contributed by atoms with E-state index in [1.165, 1.54) is 38.5 Å². The fourth-order valence-electron chi connectivity index (χ4n) is 8.40. The average Bonchev–Trinajstić information content (AvgIpc) is 3.01. The monoisotopic (exact) mass is 494 g/mol. The number of hydrogen-bond acceptors (Lipinski definition) is 6. The van der Waals surface area contributed by atoms with E-state index < -0.39 is 11.6 Å². The molecule has 3 saturated heterocycles. The Bertz CT molecular complexity index is 754. The number of aliphatic hydroxyl groups excluding tert-OH is 2. The second-order valence-electron chi connectivity index (χ2n) is 12.2. The maximum absolute atomic E-state index is 13.6. The van der Waals surface area contributed by atoms with E-state index in [1.54, 1.807) is 0 Å². The molecule has 0 aromatic carbocycles. The number of amides is 1. The summed E-state index contributed by atoms with van der Waals surface area (Å²) in [5, 5.41) is 27.0. The van der Waals surface area contributed by atoms with Gasteiger partial charge in [0.1, 0.15) is 5.50 Å². The van der Waals surface area contributed by atoms with Gasteiger partial charge in [0.25, 0.3) is 0 Å². The van der Waals surface area contributed by atoms with Crippen LogP contribution in [0.25, 0.3) is 0 Å². The number of piperidine rings is 2. The third-order valence-electron chi connectivity index (χ3n) is 10.4. The van der Waals surface area contributed by atoms with Crippen molar-refractivity contribution in [1.82, 2.24) is 20.7 Å². The summed E-state index contributed by atoms with van der Waals surface area (Å²) in [6.45, 7) is 1.32. The first kappa shape index (κ1) is 23.9. The highest BCUT2D eigenvalue weighted by Gasteiger charge is 2.54. The zero-order chi connectivity index (χ0) is 23.4. The molecule has 8 heteroatoms. The first-order valence-electron chi connectivity index (χ1n) is 14.1. The third-order valence-corrected chi connectivity index (χ3v) is 10.9. The van der Waals surface area contributed by atoms with Gasteiger partial charge in [-0.05, 0) is 56.8 Å². The lowest BCUT2D eigenvalue weighted by Gasteiger charge is -2.49. The molecule has 3 aliphatic heterocycles. The lowest BCUT2D eigenvalue weighted by Crippen LogP contribution is -2.60. The second kappa shape index (κ2) is 9.79. The van der Waals surface area contributed by atoms with Crippen molar-refractivity contribution in [2.24, 2.45) is 23.7 Å². The molecule has 3 saturated carbocycles. The van der Waals surface area contributed by atoms with Crippen molar-refractivity contribution in [3.63, 3.8) is 0 Å². The first-order valence-corrected chi connectivity index (χ1v) is 14.5. The minimum atomic E-state index is -0.677. The van der Waals surface area contributed by atoms with Crippen LogP contribution in [-0.2, 0) is 4.79 Å². The summed E-state index contributed by atoms with van der Waals surface area (Å²) in [6.07, 6.45) is 12.5. The maximum atomic E-state index is 13.6. The Morgan fingerprint density at radius 2 is 1.65 bits per heavy atom. The minimum Gasteiger partial charge on any atom is -0.391 e. The van der Waals surface area contributed by atoms with Gasteiger partial charge in [0.2, 0.25) is 5.91 Å². The molecule has 3 heterocycles. The van der Waals surface area contributed by atoms with E-state index in [0.717, 1.165) is 44.6 Å². The normalized spacial score (nSPS) is 48.1. The van der Waals surface area contributed by atoms with Crippen molar-refractivity contribution in [3.8, 4) is 0 Å². The quantitative estimate of drug-likeness (QED) is 0.355. The number of likely N-dealkylation sites (tertiary alicyclic amines) is 1. The summed E-state index contributed by atoms with van der Waals surface area (Å²) in [5.41, 5.74) is 3.43. The van der Waals surface area contributed by atoms with Crippen LogP contribution in [0.2, 0.25) is 0 Å². The number of halogens is 1. The highest BCUT2D eigenvalue weighted by molar-refractivity contribution is 6.20. The molecular weight excluding hydrogens is 452 g/mol. The van der Waals surface area contributed by atoms with Gasteiger partial charge in [-0.15, -0.1) is 11.6 Å². The Labute approximate surface area is 208 Å². The van der Waals surface area contributed by atoms with Crippen molar-refractivity contribution in [1.29, 1.82) is 0 Å². The SMILES string of the molecule is O=C(C1CNC(Cl)C(O)C1)N1CCC2C3C(CCCCC31)NN2C1CCC(C2CCC2)CC1O. The zero-order valence-corrected chi connectivity index (χ0v) is 21.1. The van der Waals surface area contributed by atoms with E-state index in [9.17, 15) is 15.0 Å². The third kappa shape index (κ3) is 4.22. The molecule has 10 atom stereocenters. The highest BCUT2D eigenvalue weighted by Crippen LogP contribution is 2.46. The number of hydrazine groups is 1. The van der Waals surface area contributed by atoms with Gasteiger partial charge in [0.05, 0.1) is 24.2 Å². The van der Waals surface area contributed by atoms with Crippen LogP contribution >= 0.6 is 11.6 Å². The predicted molar refractivity (Wildman–Crippen MR) is 131 cm³/mol. The minimum absolute atomic E-state index is 0.193. The number of hydrogen-bond donors (Lipinski definition) is 4. The van der Waals surface area contributed by atoms with Crippen molar-refractivity contribution >= 4 is 17.5 Å². The lowest BCUT2D eigenvalue weighted by molar-refractivity contribution is -0.144. The molecule has 4 N–H and O–H groups in total. The van der Waals surface area contributed by atoms with Crippen molar-refractivity contribution in [2.45, 2.75) is 119 Å². The zero-order valence-electron chi connectivity index (χ0n) is 20.3. The molecule has 192 valence electrons. The summed E-state index contributed by atoms with van der Waals surface area (Å²) in [4.78, 5) is 15.8. The number of carbonyl (C=O) groups is 1. The molecule has 0 spiro atoms. The molecule has 7 nitrogen and oxygen atoms in total. The fraction of sp³-hybridized carbons (Fsp3) is 0.962. The molecule has 1 amide bonds. The lowest BCUT2D eigenvalue weighted by atomic mass is 9.68. The molecule has 34 heavy (non-hydrogen) atoms. The number of alkyl halides is 1. The summed E-state index contributed by atoms with van der Waals surface area (Å²) >= 11 is 6.12. The molecule has 0 aromatic heterocycles. The van der Waals surface area contributed by atoms with Crippen LogP contribution in [0.3, 0.4) is 0 Å². The van der Waals surface area contributed by atoms with Crippen LogP contribution in [0.1, 0.15) is 77.0 Å². The topological polar surface area (TPSA) is 88.1 Å². The molecular formula is C26H43ClN4O3. The highest BCUT2D eigenvalue weighted by atomic mass is 35.5. The van der Waals surface area contributed by atoms with Gasteiger partial charge in [-0.2, -0.15) is 0 Å². The van der Waals surface area contributed by atoms with Gasteiger partial charge in [0, 0.05) is 37.1 Å². The van der Waals surface area contributed by atoms with Crippen LogP contribution in [0, 0.1) is 23.7 Å². The standard InChI is InChI=1S/C26H43ClN4O3/c27-25-23(33)13-17(14-28-25)26(34)30-11-10-21-24-18(6-1-2-7-20(24)30)29-31(21)19-9-8-16(12-22(19)32)15-4-3-5-15/h15-25,28-29,32-33H,1-14H2. The Kier molecular flexibility index (Phi) is 6.89. The molecule has 6 rings (SSSR count). The Hall–Kier alpha value is -0.440. The van der Waals surface area contributed by atoms with E-state index >= 15 is 0 Å². The van der Waals surface area contributed by atoms with Gasteiger partial charge >= 0.3 is 0 Å². The van der Waals surface area contributed by atoms with Crippen molar-refractivity contribution < 1.29 is 15.0 Å². The number of carbonyl (C=O) groups excluding carboxylic acids is 1. The molecule has 10 unspecified atom stereocenters. The molecule has 3 aliphatic carbocycles. The largest absolute Gasteiger partial charge is 0.391 e. The van der Waals surface area contributed by atoms with Gasteiger partial charge in [-0.25, -0.2) is 5.01 Å². The van der Waals surface area contributed by atoms with Crippen LogP contribution in [0.4, 0.5) is 0 Å². The molecule has 6 fully saturated rings. The van der Waals surface area contributed by atoms with Gasteiger partial charge in [-0.3, -0.25) is 15.5 Å². The van der Waals surface area contributed by atoms with Crippen molar-refractivity contribution in [2.75, 3.05) is 13.1 Å². The molecule has 0 radical (unpaired) electrons. The predicted octanol–water partition coefficient (Wildman–Crippen LogP) is 2.20. The summed E-state index contributed by atoms with van der Waals surface area (Å²) < 4.78 is 0. The maximum Gasteiger partial charge on any atom is 0.227 e. The smallest absolute Gasteiger partial charge is 0.227 e. The second-order valence-corrected chi connectivity index (χ2v) is 12.6. The van der Waals surface area contributed by atoms with Crippen LogP contribution in [0.15, 0.2) is 0 Å². The Morgan fingerprint density at radius 3 is 2.38 bits per heavy atom. The average molecular weight is 495 g/mol. The van der Waals surface area contributed by atoms with Gasteiger partial charge < -0.3 is 15.1 Å². The fourth-order valence-corrected chi connectivity index (χ4v) is 8.59. The number of nitrogens with one attached hydrogen (secondary N) is 2. The Balaban J connectivity index is 1.16. The molecule has 0 aromatic rings.